The number of hydrogen-bond acceptors (Lipinski definition) is 2. The van der Waals surface area contributed by atoms with Crippen LogP contribution in [0.25, 0.3) is 5.65 Å². The molecule has 2 heterocycles. The van der Waals surface area contributed by atoms with Gasteiger partial charge in [0.15, 0.2) is 0 Å². The van der Waals surface area contributed by atoms with Crippen LogP contribution in [-0.2, 0) is 0 Å². The van der Waals surface area contributed by atoms with Gasteiger partial charge in [-0.1, -0.05) is 20.3 Å². The molecule has 0 bridgehead atoms. The Hall–Kier alpha value is -1.03. The molecule has 0 saturated carbocycles. The first-order chi connectivity index (χ1) is 7.63. The van der Waals surface area contributed by atoms with Gasteiger partial charge < -0.3 is 5.73 Å². The van der Waals surface area contributed by atoms with E-state index >= 15 is 0 Å². The summed E-state index contributed by atoms with van der Waals surface area (Å²) in [5, 5.41) is 0. The molecule has 3 nitrogen and oxygen atoms in total. The number of aromatic nitrogens is 2. The first-order valence-corrected chi connectivity index (χ1v) is 6.35. The zero-order valence-electron chi connectivity index (χ0n) is 9.57. The SMILES string of the molecule is CCCC(C)c1nc2ccc(Br)cn2c1N. The predicted octanol–water partition coefficient (Wildman–Crippen LogP) is 3.58. The van der Waals surface area contributed by atoms with Crippen molar-refractivity contribution < 1.29 is 0 Å². The number of nitrogens with two attached hydrogens (primary N) is 1. The molecule has 86 valence electrons. The summed E-state index contributed by atoms with van der Waals surface area (Å²) in [6, 6.07) is 3.96. The zero-order chi connectivity index (χ0) is 11.7. The predicted molar refractivity (Wildman–Crippen MR) is 70.6 cm³/mol. The third kappa shape index (κ3) is 1.94. The third-order valence-electron chi connectivity index (χ3n) is 2.84. The molecule has 0 aliphatic rings. The highest BCUT2D eigenvalue weighted by Crippen LogP contribution is 2.27. The molecule has 0 aliphatic heterocycles. The van der Waals surface area contributed by atoms with Gasteiger partial charge in [-0.2, -0.15) is 0 Å². The van der Waals surface area contributed by atoms with Gasteiger partial charge in [0, 0.05) is 16.6 Å². The van der Waals surface area contributed by atoms with E-state index in [-0.39, 0.29) is 0 Å². The molecule has 0 aliphatic carbocycles. The smallest absolute Gasteiger partial charge is 0.138 e. The van der Waals surface area contributed by atoms with Gasteiger partial charge in [-0.25, -0.2) is 4.98 Å². The minimum atomic E-state index is 0.420. The van der Waals surface area contributed by atoms with Gasteiger partial charge in [0.2, 0.25) is 0 Å². The van der Waals surface area contributed by atoms with Crippen molar-refractivity contribution in [3.05, 3.63) is 28.5 Å². The van der Waals surface area contributed by atoms with Gasteiger partial charge in [-0.15, -0.1) is 0 Å². The summed E-state index contributed by atoms with van der Waals surface area (Å²) >= 11 is 3.44. The lowest BCUT2D eigenvalue weighted by molar-refractivity contribution is 0.653. The first kappa shape index (κ1) is 11.5. The molecular formula is C12H16BrN3. The lowest BCUT2D eigenvalue weighted by Crippen LogP contribution is -2.00. The minimum Gasteiger partial charge on any atom is -0.383 e. The number of rotatable bonds is 3. The Labute approximate surface area is 104 Å². The van der Waals surface area contributed by atoms with Crippen LogP contribution in [0.4, 0.5) is 5.82 Å². The minimum absolute atomic E-state index is 0.420. The van der Waals surface area contributed by atoms with E-state index in [2.05, 4.69) is 34.8 Å². The largest absolute Gasteiger partial charge is 0.383 e. The Bertz CT molecular complexity index is 504. The number of fused-ring (bicyclic) bond motifs is 1. The van der Waals surface area contributed by atoms with Crippen molar-refractivity contribution in [1.82, 2.24) is 9.38 Å². The average molecular weight is 282 g/mol. The Morgan fingerprint density at radius 1 is 1.50 bits per heavy atom. The molecule has 2 aromatic heterocycles. The monoisotopic (exact) mass is 281 g/mol. The molecule has 0 aromatic carbocycles. The molecule has 2 rings (SSSR count). The van der Waals surface area contributed by atoms with Gasteiger partial charge in [0.25, 0.3) is 0 Å². The molecule has 16 heavy (non-hydrogen) atoms. The Balaban J connectivity index is 2.51. The van der Waals surface area contributed by atoms with Gasteiger partial charge in [-0.05, 0) is 34.5 Å². The maximum Gasteiger partial charge on any atom is 0.138 e. The zero-order valence-corrected chi connectivity index (χ0v) is 11.2. The van der Waals surface area contributed by atoms with Crippen LogP contribution in [0.2, 0.25) is 0 Å². The third-order valence-corrected chi connectivity index (χ3v) is 3.31. The number of pyridine rings is 1. The number of imidazole rings is 1. The first-order valence-electron chi connectivity index (χ1n) is 5.56. The van der Waals surface area contributed by atoms with Crippen molar-refractivity contribution in [3.63, 3.8) is 0 Å². The second kappa shape index (κ2) is 4.45. The second-order valence-electron chi connectivity index (χ2n) is 4.15. The highest BCUT2D eigenvalue weighted by Gasteiger charge is 2.14. The Morgan fingerprint density at radius 3 is 2.94 bits per heavy atom. The lowest BCUT2D eigenvalue weighted by Gasteiger charge is -2.07. The molecule has 1 atom stereocenters. The standard InChI is InChI=1S/C12H16BrN3/c1-3-4-8(2)11-12(14)16-7-9(13)5-6-10(16)15-11/h5-8H,3-4,14H2,1-2H3. The number of nitrogens with zero attached hydrogens (tertiary/aromatic N) is 2. The lowest BCUT2D eigenvalue weighted by atomic mass is 10.0. The van der Waals surface area contributed by atoms with Crippen molar-refractivity contribution in [2.24, 2.45) is 0 Å². The van der Waals surface area contributed by atoms with Crippen LogP contribution in [-0.4, -0.2) is 9.38 Å². The summed E-state index contributed by atoms with van der Waals surface area (Å²) in [6.45, 7) is 4.36. The van der Waals surface area contributed by atoms with Crippen molar-refractivity contribution in [2.45, 2.75) is 32.6 Å². The molecule has 0 fully saturated rings. The van der Waals surface area contributed by atoms with E-state index in [0.717, 1.165) is 34.5 Å². The molecule has 2 aromatic rings. The number of anilines is 1. The normalized spacial score (nSPS) is 13.2. The average Bonchev–Trinajstić information content (AvgIpc) is 2.57. The molecule has 0 saturated heterocycles. The molecule has 0 amide bonds. The highest BCUT2D eigenvalue weighted by molar-refractivity contribution is 9.10. The maximum absolute atomic E-state index is 6.12. The Kier molecular flexibility index (Phi) is 3.19. The van der Waals surface area contributed by atoms with E-state index in [1.54, 1.807) is 0 Å². The second-order valence-corrected chi connectivity index (χ2v) is 5.06. The summed E-state index contributed by atoms with van der Waals surface area (Å²) in [6.07, 6.45) is 4.23. The van der Waals surface area contributed by atoms with E-state index in [9.17, 15) is 0 Å². The molecule has 0 spiro atoms. The summed E-state index contributed by atoms with van der Waals surface area (Å²) in [5.74, 6) is 1.18. The van der Waals surface area contributed by atoms with Crippen molar-refractivity contribution >= 4 is 27.4 Å². The van der Waals surface area contributed by atoms with E-state index in [1.807, 2.05) is 22.7 Å². The number of hydrogen-bond donors (Lipinski definition) is 1. The van der Waals surface area contributed by atoms with E-state index in [0.29, 0.717) is 5.92 Å². The summed E-state index contributed by atoms with van der Waals surface area (Å²) in [7, 11) is 0. The molecule has 1 unspecified atom stereocenters. The molecular weight excluding hydrogens is 266 g/mol. The maximum atomic E-state index is 6.12. The van der Waals surface area contributed by atoms with Crippen LogP contribution in [0.15, 0.2) is 22.8 Å². The fourth-order valence-corrected chi connectivity index (χ4v) is 2.32. The summed E-state index contributed by atoms with van der Waals surface area (Å²) < 4.78 is 2.95. The van der Waals surface area contributed by atoms with Crippen LogP contribution in [0.1, 0.15) is 38.3 Å². The topological polar surface area (TPSA) is 43.3 Å². The van der Waals surface area contributed by atoms with Gasteiger partial charge in [-0.3, -0.25) is 4.40 Å². The fourth-order valence-electron chi connectivity index (χ4n) is 1.99. The van der Waals surface area contributed by atoms with E-state index in [4.69, 9.17) is 5.73 Å². The summed E-state index contributed by atoms with van der Waals surface area (Å²) in [5.41, 5.74) is 8.05. The van der Waals surface area contributed by atoms with Crippen LogP contribution in [0.3, 0.4) is 0 Å². The number of halogens is 1. The quantitative estimate of drug-likeness (QED) is 0.935. The van der Waals surface area contributed by atoms with Crippen LogP contribution in [0.5, 0.6) is 0 Å². The summed E-state index contributed by atoms with van der Waals surface area (Å²) in [4.78, 5) is 4.59. The van der Waals surface area contributed by atoms with Crippen molar-refractivity contribution in [2.75, 3.05) is 5.73 Å². The van der Waals surface area contributed by atoms with Crippen LogP contribution >= 0.6 is 15.9 Å². The molecule has 4 heteroatoms. The van der Waals surface area contributed by atoms with Crippen LogP contribution < -0.4 is 5.73 Å². The Morgan fingerprint density at radius 2 is 2.25 bits per heavy atom. The van der Waals surface area contributed by atoms with Gasteiger partial charge in [0.05, 0.1) is 5.69 Å². The van der Waals surface area contributed by atoms with E-state index < -0.39 is 0 Å². The highest BCUT2D eigenvalue weighted by atomic mass is 79.9. The van der Waals surface area contributed by atoms with Crippen LogP contribution in [0, 0.1) is 0 Å². The fraction of sp³-hybridized carbons (Fsp3) is 0.417. The van der Waals surface area contributed by atoms with Crippen molar-refractivity contribution in [1.29, 1.82) is 0 Å². The molecule has 0 radical (unpaired) electrons. The van der Waals surface area contributed by atoms with Crippen molar-refractivity contribution in [3.8, 4) is 0 Å². The number of nitrogen functional groups attached to an aromatic ring is 1. The van der Waals surface area contributed by atoms with Gasteiger partial charge >= 0.3 is 0 Å². The molecule has 2 N–H and O–H groups in total. The van der Waals surface area contributed by atoms with Gasteiger partial charge in [0.1, 0.15) is 11.5 Å². The van der Waals surface area contributed by atoms with E-state index in [1.165, 1.54) is 0 Å².